The third-order valence-electron chi connectivity index (χ3n) is 3.23. The third-order valence-corrected chi connectivity index (χ3v) is 5.11. The van der Waals surface area contributed by atoms with E-state index in [0.717, 1.165) is 5.56 Å². The molecule has 4 heteroatoms. The number of hydrogen-bond acceptors (Lipinski definition) is 3. The van der Waals surface area contributed by atoms with Crippen LogP contribution in [0.2, 0.25) is 0 Å². The summed E-state index contributed by atoms with van der Waals surface area (Å²) in [4.78, 5) is 0.290. The van der Waals surface area contributed by atoms with Crippen LogP contribution in [0.5, 0.6) is 0 Å². The molecular formula is C16H18O3S. The van der Waals surface area contributed by atoms with Gasteiger partial charge in [0.1, 0.15) is 0 Å². The number of aryl methyl sites for hydroxylation is 2. The first kappa shape index (κ1) is 14.8. The highest BCUT2D eigenvalue weighted by molar-refractivity contribution is 7.91. The normalized spacial score (nSPS) is 13.2. The zero-order valence-corrected chi connectivity index (χ0v) is 12.4. The summed E-state index contributed by atoms with van der Waals surface area (Å²) in [5.74, 6) is -0.305. The van der Waals surface area contributed by atoms with Gasteiger partial charge in [0, 0.05) is 0 Å². The highest BCUT2D eigenvalue weighted by Gasteiger charge is 2.22. The van der Waals surface area contributed by atoms with E-state index < -0.39 is 15.9 Å². The molecule has 0 amide bonds. The molecular weight excluding hydrogens is 272 g/mol. The summed E-state index contributed by atoms with van der Waals surface area (Å²) < 4.78 is 24.8. The Kier molecular flexibility index (Phi) is 4.26. The van der Waals surface area contributed by atoms with E-state index in [-0.39, 0.29) is 10.6 Å². The van der Waals surface area contributed by atoms with Crippen molar-refractivity contribution < 1.29 is 13.5 Å². The minimum absolute atomic E-state index is 0.290. The number of rotatable bonds is 4. The maximum absolute atomic E-state index is 12.4. The second-order valence-electron chi connectivity index (χ2n) is 4.98. The Morgan fingerprint density at radius 2 is 1.70 bits per heavy atom. The fraction of sp³-hybridized carbons (Fsp3) is 0.250. The van der Waals surface area contributed by atoms with Crippen molar-refractivity contribution in [2.45, 2.75) is 24.8 Å². The van der Waals surface area contributed by atoms with Gasteiger partial charge in [-0.2, -0.15) is 0 Å². The lowest BCUT2D eigenvalue weighted by atomic mass is 10.1. The second kappa shape index (κ2) is 5.77. The minimum Gasteiger partial charge on any atom is -0.387 e. The van der Waals surface area contributed by atoms with Crippen LogP contribution in [0.15, 0.2) is 53.4 Å². The molecule has 106 valence electrons. The fourth-order valence-electron chi connectivity index (χ4n) is 2.22. The average molecular weight is 290 g/mol. The Labute approximate surface area is 119 Å². The molecule has 0 heterocycles. The van der Waals surface area contributed by atoms with Crippen molar-refractivity contribution in [3.63, 3.8) is 0 Å². The van der Waals surface area contributed by atoms with Gasteiger partial charge in [-0.3, -0.25) is 0 Å². The van der Waals surface area contributed by atoms with Crippen molar-refractivity contribution in [1.29, 1.82) is 0 Å². The Morgan fingerprint density at radius 1 is 1.05 bits per heavy atom. The van der Waals surface area contributed by atoms with Crippen molar-refractivity contribution in [1.82, 2.24) is 0 Å². The summed E-state index contributed by atoms with van der Waals surface area (Å²) in [6.07, 6.45) is -1.01. The van der Waals surface area contributed by atoms with Gasteiger partial charge in [-0.15, -0.1) is 0 Å². The Balaban J connectivity index is 2.28. The number of benzene rings is 2. The summed E-state index contributed by atoms with van der Waals surface area (Å²) in [7, 11) is -3.51. The smallest absolute Gasteiger partial charge is 0.181 e. The van der Waals surface area contributed by atoms with Crippen LogP contribution in [0, 0.1) is 13.8 Å². The van der Waals surface area contributed by atoms with Crippen molar-refractivity contribution in [3.8, 4) is 0 Å². The van der Waals surface area contributed by atoms with Crippen LogP contribution < -0.4 is 0 Å². The molecule has 0 aliphatic rings. The van der Waals surface area contributed by atoms with Gasteiger partial charge >= 0.3 is 0 Å². The van der Waals surface area contributed by atoms with Gasteiger partial charge in [-0.05, 0) is 31.0 Å². The van der Waals surface area contributed by atoms with Crippen LogP contribution in [0.1, 0.15) is 22.8 Å². The minimum atomic E-state index is -3.51. The Bertz CT molecular complexity index is 691. The molecule has 0 spiro atoms. The van der Waals surface area contributed by atoms with E-state index in [4.69, 9.17) is 0 Å². The van der Waals surface area contributed by atoms with E-state index in [1.807, 2.05) is 19.1 Å². The van der Waals surface area contributed by atoms with Crippen LogP contribution in [-0.2, 0) is 9.84 Å². The molecule has 0 radical (unpaired) electrons. The summed E-state index contributed by atoms with van der Waals surface area (Å²) in [6, 6.07) is 14.1. The van der Waals surface area contributed by atoms with E-state index in [9.17, 15) is 13.5 Å². The fourth-order valence-corrected chi connectivity index (χ4v) is 3.83. The predicted molar refractivity (Wildman–Crippen MR) is 79.4 cm³/mol. The molecule has 0 fully saturated rings. The topological polar surface area (TPSA) is 54.4 Å². The van der Waals surface area contributed by atoms with Gasteiger partial charge in [0.25, 0.3) is 0 Å². The zero-order valence-electron chi connectivity index (χ0n) is 11.6. The van der Waals surface area contributed by atoms with Gasteiger partial charge in [0.05, 0.1) is 16.8 Å². The van der Waals surface area contributed by atoms with Crippen molar-refractivity contribution >= 4 is 9.84 Å². The average Bonchev–Trinajstić information content (AvgIpc) is 2.38. The van der Waals surface area contributed by atoms with E-state index in [1.54, 1.807) is 43.3 Å². The number of hydrogen-bond donors (Lipinski definition) is 1. The predicted octanol–water partition coefficient (Wildman–Crippen LogP) is 2.81. The lowest BCUT2D eigenvalue weighted by molar-refractivity contribution is 0.201. The maximum atomic E-state index is 12.4. The van der Waals surface area contributed by atoms with Gasteiger partial charge in [0.2, 0.25) is 0 Å². The van der Waals surface area contributed by atoms with Gasteiger partial charge in [0.15, 0.2) is 9.84 Å². The summed E-state index contributed by atoms with van der Waals surface area (Å²) >= 11 is 0. The number of sulfone groups is 1. The van der Waals surface area contributed by atoms with E-state index in [1.165, 1.54) is 0 Å². The van der Waals surface area contributed by atoms with Gasteiger partial charge < -0.3 is 5.11 Å². The molecule has 0 saturated carbocycles. The lowest BCUT2D eigenvalue weighted by Gasteiger charge is -2.13. The van der Waals surface area contributed by atoms with Crippen LogP contribution in [0.25, 0.3) is 0 Å². The van der Waals surface area contributed by atoms with Gasteiger partial charge in [-0.25, -0.2) is 8.42 Å². The molecule has 1 atom stereocenters. The quantitative estimate of drug-likeness (QED) is 0.942. The molecule has 2 aromatic carbocycles. The van der Waals surface area contributed by atoms with Crippen LogP contribution >= 0.6 is 0 Å². The second-order valence-corrected chi connectivity index (χ2v) is 6.98. The van der Waals surface area contributed by atoms with Crippen LogP contribution in [-0.4, -0.2) is 19.3 Å². The molecule has 0 bridgehead atoms. The van der Waals surface area contributed by atoms with Crippen molar-refractivity contribution in [2.24, 2.45) is 0 Å². The molecule has 2 aromatic rings. The van der Waals surface area contributed by atoms with Crippen molar-refractivity contribution in [3.05, 3.63) is 65.2 Å². The monoisotopic (exact) mass is 290 g/mol. The van der Waals surface area contributed by atoms with Gasteiger partial charge in [-0.1, -0.05) is 48.0 Å². The SMILES string of the molecule is Cc1ccc(S(=O)(=O)CC(O)c2ccccc2)c(C)c1. The molecule has 0 saturated heterocycles. The zero-order chi connectivity index (χ0) is 14.8. The first-order valence-corrected chi connectivity index (χ1v) is 8.08. The molecule has 1 unspecified atom stereocenters. The molecule has 3 nitrogen and oxygen atoms in total. The molecule has 0 aromatic heterocycles. The largest absolute Gasteiger partial charge is 0.387 e. The Hall–Kier alpha value is -1.65. The van der Waals surface area contributed by atoms with Crippen molar-refractivity contribution in [2.75, 3.05) is 5.75 Å². The van der Waals surface area contributed by atoms with E-state index in [0.29, 0.717) is 11.1 Å². The number of aliphatic hydroxyl groups is 1. The summed E-state index contributed by atoms with van der Waals surface area (Å²) in [5, 5.41) is 10.1. The standard InChI is InChI=1S/C16H18O3S/c1-12-8-9-16(13(2)10-12)20(18,19)11-15(17)14-6-4-3-5-7-14/h3-10,15,17H,11H2,1-2H3. The highest BCUT2D eigenvalue weighted by Crippen LogP contribution is 2.22. The maximum Gasteiger partial charge on any atom is 0.181 e. The first-order valence-electron chi connectivity index (χ1n) is 6.43. The van der Waals surface area contributed by atoms with Crippen LogP contribution in [0.4, 0.5) is 0 Å². The highest BCUT2D eigenvalue weighted by atomic mass is 32.2. The van der Waals surface area contributed by atoms with Crippen LogP contribution in [0.3, 0.4) is 0 Å². The molecule has 1 N–H and O–H groups in total. The molecule has 20 heavy (non-hydrogen) atoms. The Morgan fingerprint density at radius 3 is 2.30 bits per heavy atom. The lowest BCUT2D eigenvalue weighted by Crippen LogP contribution is -2.15. The van der Waals surface area contributed by atoms with E-state index >= 15 is 0 Å². The molecule has 0 aliphatic carbocycles. The molecule has 0 aliphatic heterocycles. The summed E-state index contributed by atoms with van der Waals surface area (Å²) in [5.41, 5.74) is 2.34. The third kappa shape index (κ3) is 3.26. The molecule has 2 rings (SSSR count). The van der Waals surface area contributed by atoms with E-state index in [2.05, 4.69) is 0 Å². The summed E-state index contributed by atoms with van der Waals surface area (Å²) in [6.45, 7) is 3.69. The first-order chi connectivity index (χ1) is 9.40. The number of aliphatic hydroxyl groups excluding tert-OH is 1.